The number of ether oxygens (including phenoxy) is 1. The number of amides is 1. The van der Waals surface area contributed by atoms with Gasteiger partial charge >= 0.3 is 5.97 Å². The van der Waals surface area contributed by atoms with Crippen LogP contribution in [0.15, 0.2) is 36.9 Å². The lowest BCUT2D eigenvalue weighted by molar-refractivity contribution is -0.139. The third kappa shape index (κ3) is 4.46. The fourth-order valence-electron chi connectivity index (χ4n) is 1.55. The average molecular weight is 263 g/mol. The second-order valence-corrected chi connectivity index (χ2v) is 3.96. The minimum absolute atomic E-state index is 0.314. The highest BCUT2D eigenvalue weighted by atomic mass is 16.5. The van der Waals surface area contributed by atoms with Gasteiger partial charge in [-0.2, -0.15) is 0 Å². The number of nitrogens with one attached hydrogen (secondary N) is 1. The molecular formula is C14H17NO4. The number of carboxylic acid groups (broad SMARTS) is 1. The first-order valence-corrected chi connectivity index (χ1v) is 5.87. The lowest BCUT2D eigenvalue weighted by atomic mass is 10.1. The predicted molar refractivity (Wildman–Crippen MR) is 71.3 cm³/mol. The molecule has 0 aliphatic rings. The number of methoxy groups -OCH3 is 1. The average Bonchev–Trinajstić information content (AvgIpc) is 2.42. The van der Waals surface area contributed by atoms with Gasteiger partial charge in [0.05, 0.1) is 7.11 Å². The summed E-state index contributed by atoms with van der Waals surface area (Å²) in [6.45, 7) is 3.53. The number of aliphatic carboxylic acids is 1. The zero-order valence-electron chi connectivity index (χ0n) is 10.8. The minimum Gasteiger partial charge on any atom is -0.497 e. The highest BCUT2D eigenvalue weighted by Gasteiger charge is 2.19. The van der Waals surface area contributed by atoms with Gasteiger partial charge in [-0.25, -0.2) is 4.79 Å². The Morgan fingerprint density at radius 2 is 2.26 bits per heavy atom. The van der Waals surface area contributed by atoms with Crippen LogP contribution in [-0.2, 0) is 4.79 Å². The van der Waals surface area contributed by atoms with E-state index in [2.05, 4.69) is 11.9 Å². The topological polar surface area (TPSA) is 75.6 Å². The van der Waals surface area contributed by atoms with Crippen LogP contribution in [-0.4, -0.2) is 30.1 Å². The van der Waals surface area contributed by atoms with Gasteiger partial charge in [-0.15, -0.1) is 6.58 Å². The smallest absolute Gasteiger partial charge is 0.326 e. The summed E-state index contributed by atoms with van der Waals surface area (Å²) in [5.41, 5.74) is 0.365. The van der Waals surface area contributed by atoms with Crippen molar-refractivity contribution in [3.63, 3.8) is 0 Å². The standard InChI is InChI=1S/C14H17NO4/c1-3-4-8-12(14(17)18)15-13(16)10-6-5-7-11(9-10)19-2/h3,5-7,9,12H,1,4,8H2,2H3,(H,15,16)(H,17,18). The molecule has 102 valence electrons. The van der Waals surface area contributed by atoms with Crippen molar-refractivity contribution in [1.82, 2.24) is 5.32 Å². The normalized spacial score (nSPS) is 11.4. The summed E-state index contributed by atoms with van der Waals surface area (Å²) in [7, 11) is 1.50. The fraction of sp³-hybridized carbons (Fsp3) is 0.286. The molecule has 0 radical (unpaired) electrons. The SMILES string of the molecule is C=CCCC(NC(=O)c1cccc(OC)c1)C(=O)O. The Bertz CT molecular complexity index is 470. The van der Waals surface area contributed by atoms with Crippen molar-refractivity contribution < 1.29 is 19.4 Å². The van der Waals surface area contributed by atoms with Crippen LogP contribution in [0.5, 0.6) is 5.75 Å². The second-order valence-electron chi connectivity index (χ2n) is 3.96. The summed E-state index contributed by atoms with van der Waals surface area (Å²) in [5.74, 6) is -0.945. The van der Waals surface area contributed by atoms with Crippen LogP contribution < -0.4 is 10.1 Å². The molecule has 1 amide bonds. The third-order valence-electron chi connectivity index (χ3n) is 2.59. The van der Waals surface area contributed by atoms with Gasteiger partial charge in [0.1, 0.15) is 11.8 Å². The van der Waals surface area contributed by atoms with Crippen LogP contribution in [0.25, 0.3) is 0 Å². The van der Waals surface area contributed by atoms with E-state index in [9.17, 15) is 9.59 Å². The Hall–Kier alpha value is -2.30. The Balaban J connectivity index is 2.75. The van der Waals surface area contributed by atoms with E-state index in [1.165, 1.54) is 7.11 Å². The molecule has 0 heterocycles. The molecule has 0 fully saturated rings. The molecule has 0 saturated heterocycles. The molecule has 1 aromatic carbocycles. The van der Waals surface area contributed by atoms with E-state index < -0.39 is 17.9 Å². The zero-order valence-corrected chi connectivity index (χ0v) is 10.8. The molecular weight excluding hydrogens is 246 g/mol. The summed E-state index contributed by atoms with van der Waals surface area (Å²) in [6, 6.07) is 5.62. The van der Waals surface area contributed by atoms with E-state index in [1.54, 1.807) is 30.3 Å². The summed E-state index contributed by atoms with van der Waals surface area (Å²) >= 11 is 0. The van der Waals surface area contributed by atoms with Crippen molar-refractivity contribution >= 4 is 11.9 Å². The first-order valence-electron chi connectivity index (χ1n) is 5.87. The molecule has 0 aromatic heterocycles. The number of carboxylic acids is 1. The van der Waals surface area contributed by atoms with Crippen LogP contribution in [0.4, 0.5) is 0 Å². The highest BCUT2D eigenvalue weighted by molar-refractivity contribution is 5.96. The van der Waals surface area contributed by atoms with E-state index in [-0.39, 0.29) is 0 Å². The van der Waals surface area contributed by atoms with Crippen molar-refractivity contribution in [3.8, 4) is 5.75 Å². The Labute approximate surface area is 111 Å². The monoisotopic (exact) mass is 263 g/mol. The number of benzene rings is 1. The minimum atomic E-state index is -1.06. The number of hydrogen-bond acceptors (Lipinski definition) is 3. The Morgan fingerprint density at radius 1 is 1.53 bits per heavy atom. The maximum atomic E-state index is 11.9. The van der Waals surface area contributed by atoms with Gasteiger partial charge < -0.3 is 15.2 Å². The Kier molecular flexibility index (Phi) is 5.60. The molecule has 5 heteroatoms. The van der Waals surface area contributed by atoms with Gasteiger partial charge in [0.25, 0.3) is 5.91 Å². The molecule has 0 saturated carbocycles. The molecule has 19 heavy (non-hydrogen) atoms. The number of carbonyl (C=O) groups excluding carboxylic acids is 1. The van der Waals surface area contributed by atoms with Crippen LogP contribution >= 0.6 is 0 Å². The number of carbonyl (C=O) groups is 2. The first kappa shape index (κ1) is 14.8. The van der Waals surface area contributed by atoms with Gasteiger partial charge in [-0.1, -0.05) is 12.1 Å². The van der Waals surface area contributed by atoms with Crippen molar-refractivity contribution in [2.75, 3.05) is 7.11 Å². The number of allylic oxidation sites excluding steroid dienone is 1. The first-order chi connectivity index (χ1) is 9.08. The van der Waals surface area contributed by atoms with Crippen molar-refractivity contribution in [2.24, 2.45) is 0 Å². The van der Waals surface area contributed by atoms with E-state index in [4.69, 9.17) is 9.84 Å². The maximum Gasteiger partial charge on any atom is 0.326 e. The molecule has 1 rings (SSSR count). The van der Waals surface area contributed by atoms with E-state index in [0.717, 1.165) is 0 Å². The van der Waals surface area contributed by atoms with Gasteiger partial charge in [-0.3, -0.25) is 4.79 Å². The van der Waals surface area contributed by atoms with Crippen LogP contribution in [0, 0.1) is 0 Å². The molecule has 1 aromatic rings. The van der Waals surface area contributed by atoms with E-state index >= 15 is 0 Å². The maximum absolute atomic E-state index is 11.9. The van der Waals surface area contributed by atoms with Crippen LogP contribution in [0.3, 0.4) is 0 Å². The quantitative estimate of drug-likeness (QED) is 0.736. The van der Waals surface area contributed by atoms with Crippen molar-refractivity contribution in [3.05, 3.63) is 42.5 Å². The molecule has 0 aliphatic heterocycles. The predicted octanol–water partition coefficient (Wildman–Crippen LogP) is 1.84. The summed E-state index contributed by atoms with van der Waals surface area (Å²) in [4.78, 5) is 23.0. The molecule has 0 spiro atoms. The molecule has 0 bridgehead atoms. The van der Waals surface area contributed by atoms with Crippen LogP contribution in [0.2, 0.25) is 0 Å². The fourth-order valence-corrected chi connectivity index (χ4v) is 1.55. The molecule has 2 N–H and O–H groups in total. The molecule has 0 aliphatic carbocycles. The van der Waals surface area contributed by atoms with Crippen LogP contribution in [0.1, 0.15) is 23.2 Å². The Morgan fingerprint density at radius 3 is 2.84 bits per heavy atom. The van der Waals surface area contributed by atoms with Crippen molar-refractivity contribution in [2.45, 2.75) is 18.9 Å². The lowest BCUT2D eigenvalue weighted by Gasteiger charge is -2.13. The lowest BCUT2D eigenvalue weighted by Crippen LogP contribution is -2.40. The van der Waals surface area contributed by atoms with Crippen molar-refractivity contribution in [1.29, 1.82) is 0 Å². The molecule has 5 nitrogen and oxygen atoms in total. The number of rotatable bonds is 7. The third-order valence-corrected chi connectivity index (χ3v) is 2.59. The van der Waals surface area contributed by atoms with E-state index in [0.29, 0.717) is 24.2 Å². The van der Waals surface area contributed by atoms with Gasteiger partial charge in [0, 0.05) is 5.56 Å². The van der Waals surface area contributed by atoms with Gasteiger partial charge in [-0.05, 0) is 31.0 Å². The summed E-state index contributed by atoms with van der Waals surface area (Å²) < 4.78 is 5.01. The van der Waals surface area contributed by atoms with Gasteiger partial charge in [0.2, 0.25) is 0 Å². The van der Waals surface area contributed by atoms with Gasteiger partial charge in [0.15, 0.2) is 0 Å². The molecule has 1 atom stereocenters. The summed E-state index contributed by atoms with van der Waals surface area (Å²) in [6.07, 6.45) is 2.46. The highest BCUT2D eigenvalue weighted by Crippen LogP contribution is 2.12. The largest absolute Gasteiger partial charge is 0.497 e. The summed E-state index contributed by atoms with van der Waals surface area (Å²) in [5, 5.41) is 11.5. The van der Waals surface area contributed by atoms with E-state index in [1.807, 2.05) is 0 Å². The second kappa shape index (κ2) is 7.20. The number of hydrogen-bond donors (Lipinski definition) is 2. The zero-order chi connectivity index (χ0) is 14.3. The molecule has 1 unspecified atom stereocenters.